The number of aromatic nitrogens is 1. The van der Waals surface area contributed by atoms with Crippen molar-refractivity contribution in [1.29, 1.82) is 0 Å². The molecule has 0 radical (unpaired) electrons. The van der Waals surface area contributed by atoms with E-state index in [-0.39, 0.29) is 0 Å². The van der Waals surface area contributed by atoms with E-state index in [2.05, 4.69) is 22.9 Å². The Morgan fingerprint density at radius 1 is 1.57 bits per heavy atom. The molecule has 14 heavy (non-hydrogen) atoms. The minimum atomic E-state index is 0.628. The van der Waals surface area contributed by atoms with Crippen molar-refractivity contribution in [3.05, 3.63) is 30.1 Å². The molecule has 0 amide bonds. The van der Waals surface area contributed by atoms with Crippen LogP contribution in [0.2, 0.25) is 0 Å². The first-order valence-electron chi connectivity index (χ1n) is 5.56. The summed E-state index contributed by atoms with van der Waals surface area (Å²) in [5.41, 5.74) is 1.39. The third-order valence-corrected chi connectivity index (χ3v) is 2.94. The van der Waals surface area contributed by atoms with Gasteiger partial charge in [-0.25, -0.2) is 0 Å². The van der Waals surface area contributed by atoms with E-state index in [1.807, 2.05) is 18.5 Å². The molecule has 0 bridgehead atoms. The van der Waals surface area contributed by atoms with Gasteiger partial charge >= 0.3 is 0 Å². The molecule has 1 aromatic rings. The van der Waals surface area contributed by atoms with Crippen molar-refractivity contribution in [2.45, 2.75) is 32.2 Å². The van der Waals surface area contributed by atoms with Gasteiger partial charge in [0.2, 0.25) is 0 Å². The van der Waals surface area contributed by atoms with E-state index in [0.717, 1.165) is 0 Å². The molecular formula is C12H18N2. The Bertz CT molecular complexity index is 271. The van der Waals surface area contributed by atoms with Gasteiger partial charge in [-0.2, -0.15) is 0 Å². The summed E-state index contributed by atoms with van der Waals surface area (Å²) in [6, 6.07) is 4.87. The number of hydrogen-bond donors (Lipinski definition) is 0. The van der Waals surface area contributed by atoms with Gasteiger partial charge in [-0.1, -0.05) is 13.0 Å². The molecule has 0 aromatic carbocycles. The van der Waals surface area contributed by atoms with Gasteiger partial charge in [-0.3, -0.25) is 9.88 Å². The first kappa shape index (κ1) is 9.66. The van der Waals surface area contributed by atoms with Crippen molar-refractivity contribution < 1.29 is 0 Å². The van der Waals surface area contributed by atoms with E-state index >= 15 is 0 Å². The molecule has 0 saturated carbocycles. The van der Waals surface area contributed by atoms with Gasteiger partial charge in [-0.05, 0) is 44.0 Å². The van der Waals surface area contributed by atoms with Crippen molar-refractivity contribution in [3.8, 4) is 0 Å². The molecule has 2 rings (SSSR count). The van der Waals surface area contributed by atoms with E-state index in [0.29, 0.717) is 6.04 Å². The maximum atomic E-state index is 4.20. The average Bonchev–Trinajstić information content (AvgIpc) is 2.68. The zero-order valence-corrected chi connectivity index (χ0v) is 8.82. The third kappa shape index (κ3) is 1.95. The summed E-state index contributed by atoms with van der Waals surface area (Å²) >= 11 is 0. The van der Waals surface area contributed by atoms with E-state index in [4.69, 9.17) is 0 Å². The summed E-state index contributed by atoms with van der Waals surface area (Å²) in [5.74, 6) is 0. The van der Waals surface area contributed by atoms with Crippen LogP contribution in [-0.2, 0) is 0 Å². The summed E-state index contributed by atoms with van der Waals surface area (Å²) in [6.07, 6.45) is 7.74. The summed E-state index contributed by atoms with van der Waals surface area (Å²) in [5, 5.41) is 0. The van der Waals surface area contributed by atoms with E-state index in [1.165, 1.54) is 37.9 Å². The molecule has 2 heterocycles. The van der Waals surface area contributed by atoms with Crippen LogP contribution in [0.3, 0.4) is 0 Å². The summed E-state index contributed by atoms with van der Waals surface area (Å²) in [6.45, 7) is 4.73. The van der Waals surface area contributed by atoms with Crippen LogP contribution in [0.25, 0.3) is 0 Å². The van der Waals surface area contributed by atoms with Crippen molar-refractivity contribution >= 4 is 0 Å². The third-order valence-electron chi connectivity index (χ3n) is 2.94. The zero-order chi connectivity index (χ0) is 9.80. The fourth-order valence-electron chi connectivity index (χ4n) is 2.33. The van der Waals surface area contributed by atoms with E-state index < -0.39 is 0 Å². The van der Waals surface area contributed by atoms with Crippen LogP contribution in [0.15, 0.2) is 24.5 Å². The van der Waals surface area contributed by atoms with Gasteiger partial charge in [0.05, 0.1) is 0 Å². The molecule has 2 heteroatoms. The molecule has 2 nitrogen and oxygen atoms in total. The van der Waals surface area contributed by atoms with Crippen LogP contribution < -0.4 is 0 Å². The molecule has 0 aliphatic carbocycles. The Morgan fingerprint density at radius 2 is 2.50 bits per heavy atom. The molecule has 1 atom stereocenters. The second-order valence-electron chi connectivity index (χ2n) is 3.98. The Hall–Kier alpha value is -0.890. The molecule has 0 N–H and O–H groups in total. The largest absolute Gasteiger partial charge is 0.296 e. The first-order valence-corrected chi connectivity index (χ1v) is 5.56. The second-order valence-corrected chi connectivity index (χ2v) is 3.98. The minimum Gasteiger partial charge on any atom is -0.296 e. The second kappa shape index (κ2) is 4.56. The van der Waals surface area contributed by atoms with Crippen molar-refractivity contribution in [2.75, 3.05) is 13.1 Å². The quantitative estimate of drug-likeness (QED) is 0.728. The molecule has 1 aromatic heterocycles. The highest BCUT2D eigenvalue weighted by Gasteiger charge is 2.24. The van der Waals surface area contributed by atoms with Gasteiger partial charge < -0.3 is 0 Å². The number of pyridine rings is 1. The summed E-state index contributed by atoms with van der Waals surface area (Å²) in [7, 11) is 0. The Labute approximate surface area is 86.0 Å². The number of hydrogen-bond acceptors (Lipinski definition) is 2. The van der Waals surface area contributed by atoms with Crippen LogP contribution in [0.5, 0.6) is 0 Å². The van der Waals surface area contributed by atoms with Gasteiger partial charge in [0.15, 0.2) is 0 Å². The lowest BCUT2D eigenvalue weighted by Crippen LogP contribution is -2.23. The monoisotopic (exact) mass is 190 g/mol. The average molecular weight is 190 g/mol. The highest BCUT2D eigenvalue weighted by atomic mass is 15.2. The Morgan fingerprint density at radius 3 is 3.21 bits per heavy atom. The zero-order valence-electron chi connectivity index (χ0n) is 8.82. The SMILES string of the molecule is CCCN1CCCC1c1cccnc1. The van der Waals surface area contributed by atoms with Crippen molar-refractivity contribution in [2.24, 2.45) is 0 Å². The molecule has 1 aliphatic rings. The van der Waals surface area contributed by atoms with Crippen molar-refractivity contribution in [1.82, 2.24) is 9.88 Å². The number of rotatable bonds is 3. The minimum absolute atomic E-state index is 0.628. The number of nitrogens with zero attached hydrogens (tertiary/aromatic N) is 2. The summed E-state index contributed by atoms with van der Waals surface area (Å²) in [4.78, 5) is 6.78. The highest BCUT2D eigenvalue weighted by molar-refractivity contribution is 5.15. The fourth-order valence-corrected chi connectivity index (χ4v) is 2.33. The fraction of sp³-hybridized carbons (Fsp3) is 0.583. The predicted molar refractivity (Wildman–Crippen MR) is 58.1 cm³/mol. The lowest BCUT2D eigenvalue weighted by molar-refractivity contribution is 0.257. The van der Waals surface area contributed by atoms with E-state index in [9.17, 15) is 0 Å². The highest BCUT2D eigenvalue weighted by Crippen LogP contribution is 2.30. The maximum Gasteiger partial charge on any atom is 0.0363 e. The molecular weight excluding hydrogens is 172 g/mol. The maximum absolute atomic E-state index is 4.20. The van der Waals surface area contributed by atoms with Crippen LogP contribution in [0.4, 0.5) is 0 Å². The molecule has 1 fully saturated rings. The van der Waals surface area contributed by atoms with Gasteiger partial charge in [0.25, 0.3) is 0 Å². The van der Waals surface area contributed by atoms with Crippen LogP contribution in [0, 0.1) is 0 Å². The van der Waals surface area contributed by atoms with Gasteiger partial charge in [0.1, 0.15) is 0 Å². The molecule has 1 saturated heterocycles. The molecule has 1 unspecified atom stereocenters. The molecule has 76 valence electrons. The van der Waals surface area contributed by atoms with Crippen LogP contribution in [-0.4, -0.2) is 23.0 Å². The van der Waals surface area contributed by atoms with Gasteiger partial charge in [-0.15, -0.1) is 0 Å². The first-order chi connectivity index (χ1) is 6.92. The smallest absolute Gasteiger partial charge is 0.0363 e. The van der Waals surface area contributed by atoms with E-state index in [1.54, 1.807) is 0 Å². The summed E-state index contributed by atoms with van der Waals surface area (Å²) < 4.78 is 0. The Balaban J connectivity index is 2.10. The Kier molecular flexibility index (Phi) is 3.14. The number of likely N-dealkylation sites (tertiary alicyclic amines) is 1. The molecule has 1 aliphatic heterocycles. The normalized spacial score (nSPS) is 22.8. The molecule has 0 spiro atoms. The van der Waals surface area contributed by atoms with Crippen LogP contribution >= 0.6 is 0 Å². The lowest BCUT2D eigenvalue weighted by Gasteiger charge is -2.23. The predicted octanol–water partition coefficient (Wildman–Crippen LogP) is 2.63. The van der Waals surface area contributed by atoms with Gasteiger partial charge in [0, 0.05) is 18.4 Å². The lowest BCUT2D eigenvalue weighted by atomic mass is 10.1. The standard InChI is InChI=1S/C12H18N2/c1-2-8-14-9-4-6-12(14)11-5-3-7-13-10-11/h3,5,7,10,12H,2,4,6,8-9H2,1H3. The topological polar surface area (TPSA) is 16.1 Å². The van der Waals surface area contributed by atoms with Crippen molar-refractivity contribution in [3.63, 3.8) is 0 Å². The van der Waals surface area contributed by atoms with Crippen LogP contribution in [0.1, 0.15) is 37.8 Å².